The Labute approximate surface area is 166 Å². The standard InChI is InChI=1S/C21H31N3O4/c25-21(22-13-6-16-28-18-7-2-1-3-8-18)17-11-14-23(15-12-17)19-9-4-5-10-20(19)24(26)27/h4-5,9-10,17-18H,1-3,6-8,11-16H2,(H,22,25). The molecule has 1 N–H and O–H groups in total. The number of amides is 1. The van der Waals surface area contributed by atoms with Crippen molar-refractivity contribution in [2.24, 2.45) is 5.92 Å². The van der Waals surface area contributed by atoms with E-state index in [4.69, 9.17) is 4.74 Å². The van der Waals surface area contributed by atoms with E-state index in [1.807, 2.05) is 11.0 Å². The molecule has 7 nitrogen and oxygen atoms in total. The molecule has 1 saturated carbocycles. The highest BCUT2D eigenvalue weighted by Crippen LogP contribution is 2.31. The zero-order chi connectivity index (χ0) is 19.8. The van der Waals surface area contributed by atoms with Gasteiger partial charge in [0.15, 0.2) is 0 Å². The molecule has 1 aromatic carbocycles. The molecule has 0 atom stereocenters. The average molecular weight is 389 g/mol. The molecule has 154 valence electrons. The number of para-hydroxylation sites is 2. The Kier molecular flexibility index (Phi) is 7.65. The van der Waals surface area contributed by atoms with Crippen molar-refractivity contribution in [1.82, 2.24) is 5.32 Å². The molecule has 0 bridgehead atoms. The Morgan fingerprint density at radius 2 is 1.86 bits per heavy atom. The first-order valence-corrected chi connectivity index (χ1v) is 10.5. The second-order valence-electron chi connectivity index (χ2n) is 7.78. The molecule has 0 aromatic heterocycles. The Bertz CT molecular complexity index is 653. The number of nitrogens with zero attached hydrogens (tertiary/aromatic N) is 2. The minimum absolute atomic E-state index is 0.0155. The van der Waals surface area contributed by atoms with Crippen LogP contribution >= 0.6 is 0 Å². The summed E-state index contributed by atoms with van der Waals surface area (Å²) in [6.45, 7) is 2.68. The van der Waals surface area contributed by atoms with Crippen molar-refractivity contribution in [3.05, 3.63) is 34.4 Å². The van der Waals surface area contributed by atoms with Gasteiger partial charge in [-0.25, -0.2) is 0 Å². The van der Waals surface area contributed by atoms with Crippen LogP contribution in [0.3, 0.4) is 0 Å². The maximum Gasteiger partial charge on any atom is 0.292 e. The zero-order valence-corrected chi connectivity index (χ0v) is 16.5. The maximum atomic E-state index is 12.4. The van der Waals surface area contributed by atoms with Gasteiger partial charge in [0.2, 0.25) is 5.91 Å². The summed E-state index contributed by atoms with van der Waals surface area (Å²) < 4.78 is 5.89. The van der Waals surface area contributed by atoms with E-state index >= 15 is 0 Å². The summed E-state index contributed by atoms with van der Waals surface area (Å²) in [5.41, 5.74) is 0.773. The van der Waals surface area contributed by atoms with E-state index in [9.17, 15) is 14.9 Å². The zero-order valence-electron chi connectivity index (χ0n) is 16.5. The van der Waals surface area contributed by atoms with Gasteiger partial charge < -0.3 is 15.0 Å². The number of anilines is 1. The molecule has 1 amide bonds. The highest BCUT2D eigenvalue weighted by Gasteiger charge is 2.27. The molecule has 3 rings (SSSR count). The maximum absolute atomic E-state index is 12.4. The molecule has 0 spiro atoms. The molecular formula is C21H31N3O4. The number of carbonyl (C=O) groups excluding carboxylic acids is 1. The number of nitro benzene ring substituents is 1. The molecule has 7 heteroatoms. The van der Waals surface area contributed by atoms with Crippen molar-refractivity contribution in [3.8, 4) is 0 Å². The molecule has 2 aliphatic rings. The van der Waals surface area contributed by atoms with Crippen molar-refractivity contribution in [1.29, 1.82) is 0 Å². The van der Waals surface area contributed by atoms with Crippen LogP contribution in [0.5, 0.6) is 0 Å². The van der Waals surface area contributed by atoms with E-state index < -0.39 is 0 Å². The molecule has 1 aliphatic carbocycles. The second kappa shape index (κ2) is 10.4. The van der Waals surface area contributed by atoms with Gasteiger partial charge in [0, 0.05) is 38.2 Å². The molecule has 0 radical (unpaired) electrons. The number of nitro groups is 1. The van der Waals surface area contributed by atoms with Crippen LogP contribution in [-0.2, 0) is 9.53 Å². The van der Waals surface area contributed by atoms with Crippen molar-refractivity contribution in [2.45, 2.75) is 57.5 Å². The Balaban J connectivity index is 1.35. The van der Waals surface area contributed by atoms with Crippen LogP contribution < -0.4 is 10.2 Å². The van der Waals surface area contributed by atoms with Crippen LogP contribution in [0.1, 0.15) is 51.4 Å². The van der Waals surface area contributed by atoms with Gasteiger partial charge in [-0.1, -0.05) is 31.4 Å². The van der Waals surface area contributed by atoms with Crippen molar-refractivity contribution in [3.63, 3.8) is 0 Å². The van der Waals surface area contributed by atoms with Gasteiger partial charge in [-0.2, -0.15) is 0 Å². The molecular weight excluding hydrogens is 358 g/mol. The third kappa shape index (κ3) is 5.67. The third-order valence-electron chi connectivity index (χ3n) is 5.81. The summed E-state index contributed by atoms with van der Waals surface area (Å²) >= 11 is 0. The second-order valence-corrected chi connectivity index (χ2v) is 7.78. The van der Waals surface area contributed by atoms with Crippen LogP contribution in [0.15, 0.2) is 24.3 Å². The highest BCUT2D eigenvalue weighted by atomic mass is 16.6. The molecule has 1 aromatic rings. The minimum Gasteiger partial charge on any atom is -0.378 e. The van der Waals surface area contributed by atoms with Crippen LogP contribution in [0.4, 0.5) is 11.4 Å². The van der Waals surface area contributed by atoms with Gasteiger partial charge in [-0.05, 0) is 38.2 Å². The van der Waals surface area contributed by atoms with Crippen molar-refractivity contribution < 1.29 is 14.5 Å². The van der Waals surface area contributed by atoms with Crippen LogP contribution in [0.25, 0.3) is 0 Å². The lowest BCUT2D eigenvalue weighted by Gasteiger charge is -2.32. The Morgan fingerprint density at radius 1 is 1.14 bits per heavy atom. The van der Waals surface area contributed by atoms with E-state index in [0.717, 1.165) is 19.3 Å². The number of piperidine rings is 1. The van der Waals surface area contributed by atoms with Crippen LogP contribution in [-0.4, -0.2) is 43.2 Å². The number of rotatable bonds is 8. The fraction of sp³-hybridized carbons (Fsp3) is 0.667. The van der Waals surface area contributed by atoms with Crippen LogP contribution in [0.2, 0.25) is 0 Å². The van der Waals surface area contributed by atoms with Gasteiger partial charge in [0.05, 0.1) is 11.0 Å². The quantitative estimate of drug-likeness (QED) is 0.417. The van der Waals surface area contributed by atoms with Gasteiger partial charge in [-0.15, -0.1) is 0 Å². The first-order chi connectivity index (χ1) is 13.6. The Hall–Kier alpha value is -2.15. The molecule has 0 unspecified atom stereocenters. The number of ether oxygens (including phenoxy) is 1. The predicted molar refractivity (Wildman–Crippen MR) is 108 cm³/mol. The minimum atomic E-state index is -0.344. The molecule has 2 fully saturated rings. The fourth-order valence-electron chi connectivity index (χ4n) is 4.18. The first kappa shape index (κ1) is 20.6. The lowest BCUT2D eigenvalue weighted by molar-refractivity contribution is -0.384. The van der Waals surface area contributed by atoms with E-state index in [0.29, 0.717) is 38.0 Å². The smallest absolute Gasteiger partial charge is 0.292 e. The lowest BCUT2D eigenvalue weighted by Crippen LogP contribution is -2.41. The predicted octanol–water partition coefficient (Wildman–Crippen LogP) is 3.67. The largest absolute Gasteiger partial charge is 0.378 e. The number of carbonyl (C=O) groups is 1. The average Bonchev–Trinajstić information content (AvgIpc) is 2.74. The lowest BCUT2D eigenvalue weighted by atomic mass is 9.95. The van der Waals surface area contributed by atoms with E-state index in [1.54, 1.807) is 12.1 Å². The molecule has 1 heterocycles. The third-order valence-corrected chi connectivity index (χ3v) is 5.81. The summed E-state index contributed by atoms with van der Waals surface area (Å²) in [4.78, 5) is 25.3. The fourth-order valence-corrected chi connectivity index (χ4v) is 4.18. The van der Waals surface area contributed by atoms with Crippen molar-refractivity contribution in [2.75, 3.05) is 31.1 Å². The SMILES string of the molecule is O=C(NCCCOC1CCCCC1)C1CCN(c2ccccc2[N+](=O)[O-])CC1. The summed E-state index contributed by atoms with van der Waals surface area (Å²) in [6.07, 6.45) is 8.90. The summed E-state index contributed by atoms with van der Waals surface area (Å²) in [6, 6.07) is 6.81. The monoisotopic (exact) mass is 389 g/mol. The van der Waals surface area contributed by atoms with Gasteiger partial charge in [-0.3, -0.25) is 14.9 Å². The van der Waals surface area contributed by atoms with E-state index in [-0.39, 0.29) is 22.4 Å². The number of hydrogen-bond donors (Lipinski definition) is 1. The molecule has 28 heavy (non-hydrogen) atoms. The van der Waals surface area contributed by atoms with Crippen LogP contribution in [0, 0.1) is 16.0 Å². The highest BCUT2D eigenvalue weighted by molar-refractivity contribution is 5.79. The number of benzene rings is 1. The van der Waals surface area contributed by atoms with Crippen molar-refractivity contribution >= 4 is 17.3 Å². The number of hydrogen-bond acceptors (Lipinski definition) is 5. The normalized spacial score (nSPS) is 18.8. The van der Waals surface area contributed by atoms with Gasteiger partial charge in [0.1, 0.15) is 5.69 Å². The molecule has 1 saturated heterocycles. The summed E-state index contributed by atoms with van der Waals surface area (Å²) in [5, 5.41) is 14.2. The van der Waals surface area contributed by atoms with E-state index in [1.165, 1.54) is 38.2 Å². The molecule has 1 aliphatic heterocycles. The summed E-state index contributed by atoms with van der Waals surface area (Å²) in [5.74, 6) is 0.0816. The Morgan fingerprint density at radius 3 is 2.57 bits per heavy atom. The number of nitrogens with one attached hydrogen (secondary N) is 1. The van der Waals surface area contributed by atoms with Gasteiger partial charge in [0.25, 0.3) is 5.69 Å². The van der Waals surface area contributed by atoms with E-state index in [2.05, 4.69) is 5.32 Å². The topological polar surface area (TPSA) is 84.7 Å². The van der Waals surface area contributed by atoms with Gasteiger partial charge >= 0.3 is 0 Å². The summed E-state index contributed by atoms with van der Waals surface area (Å²) in [7, 11) is 0. The first-order valence-electron chi connectivity index (χ1n) is 10.5.